The molecule has 0 aromatic carbocycles. The van der Waals surface area contributed by atoms with Gasteiger partial charge in [0.1, 0.15) is 0 Å². The van der Waals surface area contributed by atoms with Gasteiger partial charge in [-0.3, -0.25) is 0 Å². The highest BCUT2D eigenvalue weighted by Gasteiger charge is 2.24. The first-order valence-electron chi connectivity index (χ1n) is 3.83. The lowest BCUT2D eigenvalue weighted by Gasteiger charge is -1.95. The molecule has 0 aromatic rings. The van der Waals surface area contributed by atoms with E-state index in [0.717, 1.165) is 30.6 Å². The van der Waals surface area contributed by atoms with E-state index in [1.807, 2.05) is 0 Å². The molecule has 2 aliphatic heterocycles. The molecule has 0 aliphatic carbocycles. The first kappa shape index (κ1) is 6.85. The smallest absolute Gasteiger partial charge is 0.334 e. The van der Waals surface area contributed by atoms with E-state index in [9.17, 15) is 4.79 Å². The molecule has 60 valence electrons. The van der Waals surface area contributed by atoms with Crippen LogP contribution in [0.15, 0.2) is 11.1 Å². The quantitative estimate of drug-likeness (QED) is 0.379. The van der Waals surface area contributed by atoms with E-state index in [1.54, 1.807) is 0 Å². The van der Waals surface area contributed by atoms with Crippen molar-refractivity contribution in [1.29, 1.82) is 0 Å². The highest BCUT2D eigenvalue weighted by Crippen LogP contribution is 2.23. The topological polar surface area (TPSA) is 35.5 Å². The van der Waals surface area contributed by atoms with Gasteiger partial charge >= 0.3 is 5.97 Å². The van der Waals surface area contributed by atoms with Gasteiger partial charge in [-0.15, -0.1) is 0 Å². The molecule has 2 heterocycles. The molecule has 3 nitrogen and oxygen atoms in total. The minimum Gasteiger partial charge on any atom is -0.462 e. The number of hydrogen-bond acceptors (Lipinski definition) is 3. The van der Waals surface area contributed by atoms with E-state index in [1.165, 1.54) is 0 Å². The zero-order valence-corrected chi connectivity index (χ0v) is 6.26. The summed E-state index contributed by atoms with van der Waals surface area (Å²) in [5.41, 5.74) is 2.01. The van der Waals surface area contributed by atoms with Crippen LogP contribution in [0, 0.1) is 0 Å². The summed E-state index contributed by atoms with van der Waals surface area (Å²) in [6.07, 6.45) is 1.68. The molecule has 0 N–H and O–H groups in total. The largest absolute Gasteiger partial charge is 0.462 e. The van der Waals surface area contributed by atoms with Crippen LogP contribution in [0.5, 0.6) is 0 Å². The molecular weight excluding hydrogens is 144 g/mol. The van der Waals surface area contributed by atoms with Crippen LogP contribution in [0.25, 0.3) is 0 Å². The van der Waals surface area contributed by atoms with Gasteiger partial charge < -0.3 is 9.47 Å². The van der Waals surface area contributed by atoms with Crippen LogP contribution in [-0.4, -0.2) is 25.8 Å². The van der Waals surface area contributed by atoms with Gasteiger partial charge in [-0.25, -0.2) is 4.79 Å². The van der Waals surface area contributed by atoms with Gasteiger partial charge in [-0.2, -0.15) is 0 Å². The van der Waals surface area contributed by atoms with E-state index in [4.69, 9.17) is 9.47 Å². The Labute approximate surface area is 65.0 Å². The fourth-order valence-electron chi connectivity index (χ4n) is 1.46. The first-order chi connectivity index (χ1) is 5.38. The second kappa shape index (κ2) is 2.66. The Kier molecular flexibility index (Phi) is 1.66. The number of carbonyl (C=O) groups excluding carboxylic acids is 1. The maximum Gasteiger partial charge on any atom is 0.334 e. The Morgan fingerprint density at radius 2 is 2.09 bits per heavy atom. The SMILES string of the molecule is O=C1OCC/C1=C1/CCOC1. The van der Waals surface area contributed by atoms with Crippen LogP contribution in [0.4, 0.5) is 0 Å². The lowest BCUT2D eigenvalue weighted by Crippen LogP contribution is -1.99. The van der Waals surface area contributed by atoms with E-state index in [-0.39, 0.29) is 5.97 Å². The molecule has 3 heteroatoms. The summed E-state index contributed by atoms with van der Waals surface area (Å²) in [7, 11) is 0. The van der Waals surface area contributed by atoms with Crippen LogP contribution < -0.4 is 0 Å². The Morgan fingerprint density at radius 3 is 2.64 bits per heavy atom. The molecule has 2 rings (SSSR count). The lowest BCUT2D eigenvalue weighted by molar-refractivity contribution is -0.135. The molecule has 0 saturated carbocycles. The Morgan fingerprint density at radius 1 is 1.18 bits per heavy atom. The monoisotopic (exact) mass is 154 g/mol. The van der Waals surface area contributed by atoms with Gasteiger partial charge in [0.05, 0.1) is 19.8 Å². The number of cyclic esters (lactones) is 1. The molecule has 0 aromatic heterocycles. The molecule has 0 bridgehead atoms. The van der Waals surface area contributed by atoms with E-state index in [0.29, 0.717) is 13.2 Å². The minimum atomic E-state index is -0.134. The predicted molar refractivity (Wildman–Crippen MR) is 38.0 cm³/mol. The van der Waals surface area contributed by atoms with Crippen molar-refractivity contribution < 1.29 is 14.3 Å². The molecule has 11 heavy (non-hydrogen) atoms. The van der Waals surface area contributed by atoms with Crippen LogP contribution in [0.2, 0.25) is 0 Å². The van der Waals surface area contributed by atoms with Crippen molar-refractivity contribution in [1.82, 2.24) is 0 Å². The van der Waals surface area contributed by atoms with Gasteiger partial charge in [0.25, 0.3) is 0 Å². The normalized spacial score (nSPS) is 31.1. The first-order valence-corrected chi connectivity index (χ1v) is 3.83. The molecule has 0 spiro atoms. The fourth-order valence-corrected chi connectivity index (χ4v) is 1.46. The van der Waals surface area contributed by atoms with Gasteiger partial charge in [-0.05, 0) is 12.0 Å². The van der Waals surface area contributed by atoms with Crippen LogP contribution >= 0.6 is 0 Å². The summed E-state index contributed by atoms with van der Waals surface area (Å²) < 4.78 is 9.98. The van der Waals surface area contributed by atoms with Crippen LogP contribution in [0.1, 0.15) is 12.8 Å². The molecule has 2 fully saturated rings. The van der Waals surface area contributed by atoms with Gasteiger partial charge in [0.2, 0.25) is 0 Å². The van der Waals surface area contributed by atoms with Crippen LogP contribution in [-0.2, 0) is 14.3 Å². The summed E-state index contributed by atoms with van der Waals surface area (Å²) in [4.78, 5) is 11.0. The standard InChI is InChI=1S/C8H10O3/c9-8-7(2-4-11-8)6-1-3-10-5-6/h1-5H2/b7-6+. The maximum atomic E-state index is 11.0. The van der Waals surface area contributed by atoms with Crippen molar-refractivity contribution in [2.24, 2.45) is 0 Å². The van der Waals surface area contributed by atoms with Crippen molar-refractivity contribution >= 4 is 5.97 Å². The highest BCUT2D eigenvalue weighted by molar-refractivity contribution is 5.91. The third-order valence-electron chi connectivity index (χ3n) is 2.08. The maximum absolute atomic E-state index is 11.0. The number of hydrogen-bond donors (Lipinski definition) is 0. The Balaban J connectivity index is 2.23. The van der Waals surface area contributed by atoms with Crippen molar-refractivity contribution in [3.05, 3.63) is 11.1 Å². The number of rotatable bonds is 0. The summed E-state index contributed by atoms with van der Waals surface area (Å²) >= 11 is 0. The lowest BCUT2D eigenvalue weighted by atomic mass is 10.1. The Hall–Kier alpha value is -0.830. The summed E-state index contributed by atoms with van der Waals surface area (Å²) in [5.74, 6) is -0.134. The molecule has 0 amide bonds. The second-order valence-corrected chi connectivity index (χ2v) is 2.77. The third kappa shape index (κ3) is 1.16. The van der Waals surface area contributed by atoms with Crippen molar-refractivity contribution in [3.63, 3.8) is 0 Å². The van der Waals surface area contributed by atoms with Crippen molar-refractivity contribution in [3.8, 4) is 0 Å². The highest BCUT2D eigenvalue weighted by atomic mass is 16.5. The summed E-state index contributed by atoms with van der Waals surface area (Å²) in [5, 5.41) is 0. The van der Waals surface area contributed by atoms with Gasteiger partial charge in [0, 0.05) is 12.0 Å². The number of ether oxygens (including phenoxy) is 2. The van der Waals surface area contributed by atoms with E-state index >= 15 is 0 Å². The molecule has 0 radical (unpaired) electrons. The Bertz CT molecular complexity index is 209. The zero-order chi connectivity index (χ0) is 7.68. The molecule has 0 unspecified atom stereocenters. The molecule has 2 aliphatic rings. The minimum absolute atomic E-state index is 0.134. The average molecular weight is 154 g/mol. The summed E-state index contributed by atoms with van der Waals surface area (Å²) in [6.45, 7) is 1.94. The van der Waals surface area contributed by atoms with Crippen LogP contribution in [0.3, 0.4) is 0 Å². The van der Waals surface area contributed by atoms with Gasteiger partial charge in [-0.1, -0.05) is 0 Å². The van der Waals surface area contributed by atoms with E-state index < -0.39 is 0 Å². The molecule has 2 saturated heterocycles. The molecular formula is C8H10O3. The average Bonchev–Trinajstić information content (AvgIpc) is 2.55. The van der Waals surface area contributed by atoms with Gasteiger partial charge in [0.15, 0.2) is 0 Å². The second-order valence-electron chi connectivity index (χ2n) is 2.77. The van der Waals surface area contributed by atoms with Crippen molar-refractivity contribution in [2.45, 2.75) is 12.8 Å². The summed E-state index contributed by atoms with van der Waals surface area (Å²) in [6, 6.07) is 0. The number of carbonyl (C=O) groups is 1. The third-order valence-corrected chi connectivity index (χ3v) is 2.08. The predicted octanol–water partition coefficient (Wildman–Crippen LogP) is 0.650. The zero-order valence-electron chi connectivity index (χ0n) is 6.26. The number of esters is 1. The van der Waals surface area contributed by atoms with Crippen molar-refractivity contribution in [2.75, 3.05) is 19.8 Å². The van der Waals surface area contributed by atoms with E-state index in [2.05, 4.69) is 0 Å². The molecule has 0 atom stereocenters. The fraction of sp³-hybridized carbons (Fsp3) is 0.625.